The van der Waals surface area contributed by atoms with Gasteiger partial charge in [-0.1, -0.05) is 30.1 Å². The number of benzene rings is 2. The molecule has 6 nitrogen and oxygen atoms in total. The molecule has 28 heavy (non-hydrogen) atoms. The van der Waals surface area contributed by atoms with Crippen LogP contribution in [-0.4, -0.2) is 27.3 Å². The van der Waals surface area contributed by atoms with Crippen LogP contribution in [0.15, 0.2) is 46.4 Å². The third kappa shape index (κ3) is 6.29. The van der Waals surface area contributed by atoms with Crippen LogP contribution >= 0.6 is 23.2 Å². The largest absolute Gasteiger partial charge is 0.491 e. The number of sulfonamides is 1. The van der Waals surface area contributed by atoms with Gasteiger partial charge in [-0.05, 0) is 62.2 Å². The monoisotopic (exact) mass is 444 g/mol. The van der Waals surface area contributed by atoms with Crippen molar-refractivity contribution >= 4 is 39.4 Å². The Morgan fingerprint density at radius 1 is 1.14 bits per heavy atom. The first kappa shape index (κ1) is 22.3. The molecule has 0 atom stereocenters. The molecule has 0 unspecified atom stereocenters. The molecule has 0 spiro atoms. The summed E-state index contributed by atoms with van der Waals surface area (Å²) >= 11 is 12.3. The fraction of sp³-hybridized carbons (Fsp3) is 0.316. The summed E-state index contributed by atoms with van der Waals surface area (Å²) in [6.07, 6.45) is 2.14. The number of nitrogens with zero attached hydrogens (tertiary/aromatic N) is 1. The number of hydrazone groups is 1. The molecule has 0 heterocycles. The maximum Gasteiger partial charge on any atom is 0.276 e. The molecule has 0 amide bonds. The van der Waals surface area contributed by atoms with E-state index in [1.807, 2.05) is 20.8 Å². The summed E-state index contributed by atoms with van der Waals surface area (Å²) in [5, 5.41) is 4.43. The zero-order valence-corrected chi connectivity index (χ0v) is 18.1. The van der Waals surface area contributed by atoms with Crippen LogP contribution < -0.4 is 14.3 Å². The molecule has 0 bridgehead atoms. The van der Waals surface area contributed by atoms with Gasteiger partial charge in [0.25, 0.3) is 10.0 Å². The molecule has 2 aromatic rings. The van der Waals surface area contributed by atoms with Gasteiger partial charge in [-0.25, -0.2) is 4.83 Å². The van der Waals surface area contributed by atoms with E-state index in [9.17, 15) is 8.42 Å². The van der Waals surface area contributed by atoms with Gasteiger partial charge in [0.05, 0.1) is 33.9 Å². The third-order valence-corrected chi connectivity index (χ3v) is 5.16. The standard InChI is InChI=1S/C19H22Cl2N2O4S/c1-4-9-26-19-17(20)10-14(11-18(19)21)12-22-23-28(24,25)16-7-5-15(6-8-16)27-13(2)3/h5-8,10-13,23H,4,9H2,1-3H3/b22-12+. The predicted octanol–water partition coefficient (Wildman–Crippen LogP) is 4.88. The summed E-state index contributed by atoms with van der Waals surface area (Å²) < 4.78 is 35.6. The molecule has 0 aromatic heterocycles. The number of rotatable bonds is 9. The van der Waals surface area contributed by atoms with E-state index in [4.69, 9.17) is 32.7 Å². The second kappa shape index (κ2) is 10.0. The van der Waals surface area contributed by atoms with Crippen molar-refractivity contribution in [1.82, 2.24) is 4.83 Å². The first-order valence-corrected chi connectivity index (χ1v) is 10.9. The average molecular weight is 445 g/mol. The fourth-order valence-electron chi connectivity index (χ4n) is 2.19. The lowest BCUT2D eigenvalue weighted by atomic mass is 10.2. The highest BCUT2D eigenvalue weighted by atomic mass is 35.5. The van der Waals surface area contributed by atoms with E-state index >= 15 is 0 Å². The van der Waals surface area contributed by atoms with E-state index in [-0.39, 0.29) is 11.0 Å². The molecule has 9 heteroatoms. The summed E-state index contributed by atoms with van der Waals surface area (Å²) in [7, 11) is -3.81. The lowest BCUT2D eigenvalue weighted by Crippen LogP contribution is -2.18. The number of halogens is 2. The van der Waals surface area contributed by atoms with Gasteiger partial charge in [-0.2, -0.15) is 13.5 Å². The number of hydrogen-bond donors (Lipinski definition) is 1. The van der Waals surface area contributed by atoms with Gasteiger partial charge in [0, 0.05) is 0 Å². The van der Waals surface area contributed by atoms with Crippen LogP contribution in [-0.2, 0) is 10.0 Å². The second-order valence-corrected chi connectivity index (χ2v) is 8.63. The van der Waals surface area contributed by atoms with E-state index < -0.39 is 10.0 Å². The van der Waals surface area contributed by atoms with Gasteiger partial charge < -0.3 is 9.47 Å². The molecule has 152 valence electrons. The van der Waals surface area contributed by atoms with Gasteiger partial charge in [-0.15, -0.1) is 0 Å². The van der Waals surface area contributed by atoms with Gasteiger partial charge in [0.15, 0.2) is 5.75 Å². The molecule has 0 fully saturated rings. The Balaban J connectivity index is 2.08. The third-order valence-electron chi connectivity index (χ3n) is 3.36. The van der Waals surface area contributed by atoms with Crippen LogP contribution in [0, 0.1) is 0 Å². The van der Waals surface area contributed by atoms with Crippen molar-refractivity contribution in [3.8, 4) is 11.5 Å². The molecule has 0 aliphatic carbocycles. The van der Waals surface area contributed by atoms with E-state index in [0.717, 1.165) is 6.42 Å². The summed E-state index contributed by atoms with van der Waals surface area (Å²) in [6, 6.07) is 9.26. The maximum atomic E-state index is 12.3. The first-order valence-electron chi connectivity index (χ1n) is 8.66. The van der Waals surface area contributed by atoms with Crippen LogP contribution in [0.4, 0.5) is 0 Å². The highest BCUT2D eigenvalue weighted by molar-refractivity contribution is 7.89. The summed E-state index contributed by atoms with van der Waals surface area (Å²) in [5.74, 6) is 0.985. The van der Waals surface area contributed by atoms with Crippen molar-refractivity contribution in [3.63, 3.8) is 0 Å². The van der Waals surface area contributed by atoms with Crippen molar-refractivity contribution in [2.24, 2.45) is 5.10 Å². The fourth-order valence-corrected chi connectivity index (χ4v) is 3.59. The zero-order valence-electron chi connectivity index (χ0n) is 15.8. The number of hydrogen-bond acceptors (Lipinski definition) is 5. The molecule has 0 saturated carbocycles. The first-order chi connectivity index (χ1) is 13.2. The van der Waals surface area contributed by atoms with Gasteiger partial charge in [-0.3, -0.25) is 0 Å². The Labute approximate surface area is 175 Å². The minimum atomic E-state index is -3.81. The molecule has 2 rings (SSSR count). The molecular formula is C19H22Cl2N2O4S. The van der Waals surface area contributed by atoms with E-state index in [0.29, 0.717) is 33.7 Å². The van der Waals surface area contributed by atoms with Crippen LogP contribution in [0.5, 0.6) is 11.5 Å². The SMILES string of the molecule is CCCOc1c(Cl)cc(/C=N/NS(=O)(=O)c2ccc(OC(C)C)cc2)cc1Cl. The number of ether oxygens (including phenoxy) is 2. The Morgan fingerprint density at radius 2 is 1.75 bits per heavy atom. The Morgan fingerprint density at radius 3 is 2.29 bits per heavy atom. The second-order valence-electron chi connectivity index (χ2n) is 6.15. The molecule has 1 N–H and O–H groups in total. The summed E-state index contributed by atoms with van der Waals surface area (Å²) in [4.78, 5) is 2.22. The zero-order chi connectivity index (χ0) is 20.7. The van der Waals surface area contributed by atoms with Gasteiger partial charge >= 0.3 is 0 Å². The minimum Gasteiger partial charge on any atom is -0.491 e. The van der Waals surface area contributed by atoms with Crippen molar-refractivity contribution in [1.29, 1.82) is 0 Å². The summed E-state index contributed by atoms with van der Waals surface area (Å²) in [6.45, 7) is 6.25. The predicted molar refractivity (Wildman–Crippen MR) is 112 cm³/mol. The van der Waals surface area contributed by atoms with Gasteiger partial charge in [0.2, 0.25) is 0 Å². The molecule has 0 saturated heterocycles. The van der Waals surface area contributed by atoms with E-state index in [1.165, 1.54) is 18.3 Å². The smallest absolute Gasteiger partial charge is 0.276 e. The average Bonchev–Trinajstić information content (AvgIpc) is 2.61. The Kier molecular flexibility index (Phi) is 7.98. The Bertz CT molecular complexity index is 906. The van der Waals surface area contributed by atoms with Crippen molar-refractivity contribution < 1.29 is 17.9 Å². The van der Waals surface area contributed by atoms with Crippen molar-refractivity contribution in [3.05, 3.63) is 52.0 Å². The van der Waals surface area contributed by atoms with Gasteiger partial charge in [0.1, 0.15) is 5.75 Å². The number of nitrogens with one attached hydrogen (secondary N) is 1. The lowest BCUT2D eigenvalue weighted by molar-refractivity contribution is 0.242. The highest BCUT2D eigenvalue weighted by Gasteiger charge is 2.13. The molecular weight excluding hydrogens is 423 g/mol. The topological polar surface area (TPSA) is 77.0 Å². The van der Waals surface area contributed by atoms with E-state index in [2.05, 4.69) is 9.93 Å². The quantitative estimate of drug-likeness (QED) is 0.441. The normalized spacial score (nSPS) is 11.8. The molecule has 0 aliphatic heterocycles. The molecule has 2 aromatic carbocycles. The lowest BCUT2D eigenvalue weighted by Gasteiger charge is -2.10. The maximum absolute atomic E-state index is 12.3. The van der Waals surface area contributed by atoms with Crippen molar-refractivity contribution in [2.75, 3.05) is 6.61 Å². The van der Waals surface area contributed by atoms with Crippen LogP contribution in [0.3, 0.4) is 0 Å². The highest BCUT2D eigenvalue weighted by Crippen LogP contribution is 2.33. The van der Waals surface area contributed by atoms with Crippen LogP contribution in [0.25, 0.3) is 0 Å². The van der Waals surface area contributed by atoms with Crippen molar-refractivity contribution in [2.45, 2.75) is 38.2 Å². The van der Waals surface area contributed by atoms with Crippen LogP contribution in [0.1, 0.15) is 32.8 Å². The minimum absolute atomic E-state index is 0.00240. The molecule has 0 aliphatic rings. The molecule has 0 radical (unpaired) electrons. The van der Waals surface area contributed by atoms with Crippen LogP contribution in [0.2, 0.25) is 10.0 Å². The van der Waals surface area contributed by atoms with E-state index in [1.54, 1.807) is 24.3 Å². The Hall–Kier alpha value is -1.96. The summed E-state index contributed by atoms with van der Waals surface area (Å²) in [5.41, 5.74) is 0.530.